The number of para-hydroxylation sites is 1. The minimum absolute atomic E-state index is 0.0282. The van der Waals surface area contributed by atoms with Crippen LogP contribution in [-0.2, 0) is 13.1 Å². The van der Waals surface area contributed by atoms with Crippen molar-refractivity contribution < 1.29 is 31.8 Å². The average molecular weight is 474 g/mol. The van der Waals surface area contributed by atoms with Gasteiger partial charge in [0.2, 0.25) is 0 Å². The fraction of sp³-hybridized carbons (Fsp3) is 0.261. The molecule has 0 N–H and O–H groups in total. The molecule has 3 aromatic rings. The first kappa shape index (κ1) is 23.1. The number of nitriles is 1. The quantitative estimate of drug-likeness (QED) is 0.513. The third-order valence-corrected chi connectivity index (χ3v) is 5.39. The van der Waals surface area contributed by atoms with Gasteiger partial charge in [-0.3, -0.25) is 4.79 Å². The zero-order chi connectivity index (χ0) is 24.6. The zero-order valence-electron chi connectivity index (χ0n) is 18.1. The molecule has 0 saturated heterocycles. The molecular formula is C23H18F4N4O3. The van der Waals surface area contributed by atoms with Gasteiger partial charge in [-0.1, -0.05) is 12.1 Å². The summed E-state index contributed by atoms with van der Waals surface area (Å²) in [5, 5.41) is 13.7. The van der Waals surface area contributed by atoms with Crippen molar-refractivity contribution in [2.75, 3.05) is 7.11 Å². The molecule has 2 heterocycles. The highest BCUT2D eigenvalue weighted by Gasteiger charge is 2.40. The number of benzene rings is 2. The molecule has 0 aliphatic carbocycles. The van der Waals surface area contributed by atoms with Crippen molar-refractivity contribution in [2.24, 2.45) is 0 Å². The van der Waals surface area contributed by atoms with Gasteiger partial charge in [0.05, 0.1) is 24.9 Å². The van der Waals surface area contributed by atoms with E-state index in [0.29, 0.717) is 11.3 Å². The number of amides is 1. The maximum absolute atomic E-state index is 14.1. The van der Waals surface area contributed by atoms with Crippen molar-refractivity contribution in [3.8, 4) is 23.3 Å². The van der Waals surface area contributed by atoms with Crippen molar-refractivity contribution in [1.29, 1.82) is 5.26 Å². The summed E-state index contributed by atoms with van der Waals surface area (Å²) < 4.78 is 65.0. The SMILES string of the molecule is COc1c(C#N)ccc(OC(C)C(F)(F)F)c1C(=O)N1Cc2cn(-c3ccccc3F)nc2C1. The van der Waals surface area contributed by atoms with Gasteiger partial charge in [-0.25, -0.2) is 9.07 Å². The fourth-order valence-corrected chi connectivity index (χ4v) is 3.64. The summed E-state index contributed by atoms with van der Waals surface area (Å²) in [6.45, 7) is 0.927. The van der Waals surface area contributed by atoms with Crippen LogP contribution in [0.25, 0.3) is 5.69 Å². The highest BCUT2D eigenvalue weighted by molar-refractivity contribution is 6.00. The number of carbonyl (C=O) groups excluding carboxylic acids is 1. The Bertz CT molecular complexity index is 1270. The van der Waals surface area contributed by atoms with Gasteiger partial charge >= 0.3 is 6.18 Å². The first-order valence-electron chi connectivity index (χ1n) is 10.1. The van der Waals surface area contributed by atoms with Crippen LogP contribution in [0, 0.1) is 17.1 Å². The Morgan fingerprint density at radius 2 is 1.94 bits per heavy atom. The molecule has 1 aliphatic heterocycles. The van der Waals surface area contributed by atoms with Crippen LogP contribution >= 0.6 is 0 Å². The minimum atomic E-state index is -4.66. The summed E-state index contributed by atoms with van der Waals surface area (Å²) in [6, 6.07) is 10.3. The molecule has 7 nitrogen and oxygen atoms in total. The van der Waals surface area contributed by atoms with Crippen LogP contribution < -0.4 is 9.47 Å². The number of alkyl halides is 3. The lowest BCUT2D eigenvalue weighted by Crippen LogP contribution is -2.33. The van der Waals surface area contributed by atoms with Gasteiger partial charge in [-0.15, -0.1) is 0 Å². The van der Waals surface area contributed by atoms with E-state index in [4.69, 9.17) is 9.47 Å². The first-order chi connectivity index (χ1) is 16.1. The second-order valence-electron chi connectivity index (χ2n) is 7.59. The third kappa shape index (κ3) is 4.14. The molecule has 1 aliphatic rings. The van der Waals surface area contributed by atoms with E-state index in [1.54, 1.807) is 24.4 Å². The standard InChI is InChI=1S/C23H18F4N4O3/c1-13(23(25,26)27)34-19-8-7-14(9-28)21(33-2)20(19)22(32)30-10-15-11-31(29-17(15)12-30)18-6-4-3-5-16(18)24/h3-8,11,13H,10,12H2,1-2H3. The number of nitrogens with zero attached hydrogens (tertiary/aromatic N) is 4. The number of rotatable bonds is 5. The van der Waals surface area contributed by atoms with Crippen molar-refractivity contribution in [3.05, 3.63) is 70.8 Å². The molecule has 0 spiro atoms. The number of ether oxygens (including phenoxy) is 2. The molecule has 0 fully saturated rings. The van der Waals surface area contributed by atoms with E-state index in [0.717, 1.165) is 13.0 Å². The number of carbonyl (C=O) groups is 1. The van der Waals surface area contributed by atoms with E-state index >= 15 is 0 Å². The Kier molecular flexibility index (Phi) is 5.91. The van der Waals surface area contributed by atoms with Gasteiger partial charge in [0, 0.05) is 18.3 Å². The second-order valence-corrected chi connectivity index (χ2v) is 7.59. The van der Waals surface area contributed by atoms with Crippen molar-refractivity contribution in [1.82, 2.24) is 14.7 Å². The molecule has 34 heavy (non-hydrogen) atoms. The second kappa shape index (κ2) is 8.70. The number of fused-ring (bicyclic) bond motifs is 1. The monoisotopic (exact) mass is 474 g/mol. The Labute approximate surface area is 191 Å². The Morgan fingerprint density at radius 1 is 1.21 bits per heavy atom. The lowest BCUT2D eigenvalue weighted by Gasteiger charge is -2.23. The molecule has 0 radical (unpaired) electrons. The molecule has 11 heteroatoms. The van der Waals surface area contributed by atoms with E-state index < -0.39 is 24.0 Å². The van der Waals surface area contributed by atoms with Crippen LogP contribution in [0.15, 0.2) is 42.6 Å². The molecule has 1 aromatic heterocycles. The molecule has 1 amide bonds. The first-order valence-corrected chi connectivity index (χ1v) is 10.1. The summed E-state index contributed by atoms with van der Waals surface area (Å²) in [6.07, 6.45) is -5.27. The van der Waals surface area contributed by atoms with E-state index in [1.165, 1.54) is 28.8 Å². The molecule has 0 bridgehead atoms. The van der Waals surface area contributed by atoms with Crippen molar-refractivity contribution >= 4 is 5.91 Å². The van der Waals surface area contributed by atoms with Crippen LogP contribution in [0.1, 0.15) is 34.1 Å². The van der Waals surface area contributed by atoms with E-state index in [9.17, 15) is 27.6 Å². The molecule has 1 atom stereocenters. The molecule has 1 unspecified atom stereocenters. The van der Waals surface area contributed by atoms with Crippen molar-refractivity contribution in [3.63, 3.8) is 0 Å². The van der Waals surface area contributed by atoms with Crippen LogP contribution in [0.5, 0.6) is 11.5 Å². The minimum Gasteiger partial charge on any atom is -0.494 e. The predicted molar refractivity (Wildman–Crippen MR) is 111 cm³/mol. The smallest absolute Gasteiger partial charge is 0.425 e. The molecule has 0 saturated carbocycles. The Balaban J connectivity index is 1.66. The normalized spacial score (nSPS) is 13.9. The van der Waals surface area contributed by atoms with Crippen LogP contribution in [0.3, 0.4) is 0 Å². The third-order valence-electron chi connectivity index (χ3n) is 5.39. The maximum Gasteiger partial charge on any atom is 0.425 e. The molecule has 4 rings (SSSR count). The number of methoxy groups -OCH3 is 1. The van der Waals surface area contributed by atoms with Gasteiger partial charge in [0.25, 0.3) is 5.91 Å². The number of halogens is 4. The topological polar surface area (TPSA) is 80.4 Å². The van der Waals surface area contributed by atoms with Gasteiger partial charge < -0.3 is 14.4 Å². The predicted octanol–water partition coefficient (Wildman–Crippen LogP) is 4.38. The fourth-order valence-electron chi connectivity index (χ4n) is 3.64. The number of aromatic nitrogens is 2. The average Bonchev–Trinajstić information content (AvgIpc) is 3.37. The van der Waals surface area contributed by atoms with E-state index in [-0.39, 0.29) is 41.4 Å². The Hall–Kier alpha value is -4.07. The highest BCUT2D eigenvalue weighted by atomic mass is 19.4. The van der Waals surface area contributed by atoms with Crippen molar-refractivity contribution in [2.45, 2.75) is 32.3 Å². The Morgan fingerprint density at radius 3 is 2.56 bits per heavy atom. The van der Waals surface area contributed by atoms with Gasteiger partial charge in [-0.05, 0) is 31.2 Å². The van der Waals surface area contributed by atoms with Crippen LogP contribution in [0.2, 0.25) is 0 Å². The van der Waals surface area contributed by atoms with Crippen LogP contribution in [0.4, 0.5) is 17.6 Å². The molecular weight excluding hydrogens is 456 g/mol. The lowest BCUT2D eigenvalue weighted by atomic mass is 10.1. The maximum atomic E-state index is 14.1. The lowest BCUT2D eigenvalue weighted by molar-refractivity contribution is -0.189. The van der Waals surface area contributed by atoms with Gasteiger partial charge in [0.1, 0.15) is 28.9 Å². The summed E-state index contributed by atoms with van der Waals surface area (Å²) in [5.74, 6) is -1.68. The van der Waals surface area contributed by atoms with Crippen LogP contribution in [-0.4, -0.2) is 40.0 Å². The summed E-state index contributed by atoms with van der Waals surface area (Å²) in [4.78, 5) is 14.7. The summed E-state index contributed by atoms with van der Waals surface area (Å²) in [7, 11) is 1.21. The van der Waals surface area contributed by atoms with E-state index in [1.807, 2.05) is 6.07 Å². The number of hydrogen-bond donors (Lipinski definition) is 0. The largest absolute Gasteiger partial charge is 0.494 e. The summed E-state index contributed by atoms with van der Waals surface area (Å²) in [5.41, 5.74) is 1.09. The van der Waals surface area contributed by atoms with Gasteiger partial charge in [-0.2, -0.15) is 23.5 Å². The number of hydrogen-bond acceptors (Lipinski definition) is 5. The summed E-state index contributed by atoms with van der Waals surface area (Å²) >= 11 is 0. The zero-order valence-corrected chi connectivity index (χ0v) is 18.1. The van der Waals surface area contributed by atoms with Gasteiger partial charge in [0.15, 0.2) is 11.9 Å². The molecule has 2 aromatic carbocycles. The molecule has 176 valence electrons. The highest BCUT2D eigenvalue weighted by Crippen LogP contribution is 2.37. The van der Waals surface area contributed by atoms with E-state index in [2.05, 4.69) is 5.10 Å².